The molecular formula is C14H12O2. The third-order valence-electron chi connectivity index (χ3n) is 3.28. The third kappa shape index (κ3) is 1.03. The number of hydrogen-bond donors (Lipinski definition) is 2. The smallest absolute Gasteiger partial charge is 0.145 e. The summed E-state index contributed by atoms with van der Waals surface area (Å²) in [7, 11) is 0. The molecule has 0 amide bonds. The van der Waals surface area contributed by atoms with Crippen LogP contribution in [0.3, 0.4) is 0 Å². The quantitative estimate of drug-likeness (QED) is 0.758. The van der Waals surface area contributed by atoms with Crippen molar-refractivity contribution in [1.82, 2.24) is 0 Å². The summed E-state index contributed by atoms with van der Waals surface area (Å²) in [6, 6.07) is 16.7. The molecule has 2 nitrogen and oxygen atoms in total. The highest BCUT2D eigenvalue weighted by molar-refractivity contribution is 5.52. The molecule has 0 aromatic heterocycles. The lowest BCUT2D eigenvalue weighted by atomic mass is 9.67. The van der Waals surface area contributed by atoms with Crippen molar-refractivity contribution in [2.75, 3.05) is 0 Å². The Morgan fingerprint density at radius 3 is 2.25 bits per heavy atom. The standard InChI is InChI=1S/C14H12O2/c15-13-11-8-4-5-9-12(11)14(13,16)10-6-2-1-3-7-10/h1-9,13,15-16H/t13-,14+/m0/s1. The normalized spacial score (nSPS) is 27.0. The monoisotopic (exact) mass is 212 g/mol. The summed E-state index contributed by atoms with van der Waals surface area (Å²) >= 11 is 0. The summed E-state index contributed by atoms with van der Waals surface area (Å²) in [5, 5.41) is 20.6. The maximum absolute atomic E-state index is 10.6. The SMILES string of the molecule is O[C@H]1c2ccccc2[C@]1(O)c1ccccc1. The lowest BCUT2D eigenvalue weighted by molar-refractivity contribution is -0.0820. The molecule has 0 saturated carbocycles. The van der Waals surface area contributed by atoms with E-state index in [2.05, 4.69) is 0 Å². The minimum absolute atomic E-state index is 0.737. The van der Waals surface area contributed by atoms with Crippen LogP contribution in [-0.2, 0) is 5.60 Å². The Hall–Kier alpha value is -1.64. The Morgan fingerprint density at radius 1 is 0.875 bits per heavy atom. The maximum atomic E-state index is 10.6. The van der Waals surface area contributed by atoms with Gasteiger partial charge in [0.25, 0.3) is 0 Å². The number of fused-ring (bicyclic) bond motifs is 1. The van der Waals surface area contributed by atoms with Gasteiger partial charge in [-0.1, -0.05) is 54.6 Å². The molecular weight excluding hydrogens is 200 g/mol. The van der Waals surface area contributed by atoms with E-state index >= 15 is 0 Å². The topological polar surface area (TPSA) is 40.5 Å². The van der Waals surface area contributed by atoms with Crippen molar-refractivity contribution in [2.24, 2.45) is 0 Å². The molecule has 16 heavy (non-hydrogen) atoms. The van der Waals surface area contributed by atoms with Crippen molar-refractivity contribution in [3.8, 4) is 0 Å². The van der Waals surface area contributed by atoms with Gasteiger partial charge < -0.3 is 10.2 Å². The Kier molecular flexibility index (Phi) is 1.90. The fourth-order valence-electron chi connectivity index (χ4n) is 2.38. The van der Waals surface area contributed by atoms with Gasteiger partial charge in [0.05, 0.1) is 0 Å². The Morgan fingerprint density at radius 2 is 1.50 bits per heavy atom. The highest BCUT2D eigenvalue weighted by Crippen LogP contribution is 2.51. The third-order valence-corrected chi connectivity index (χ3v) is 3.28. The molecule has 2 aromatic rings. The van der Waals surface area contributed by atoms with Gasteiger partial charge in [-0.05, 0) is 16.7 Å². The van der Waals surface area contributed by atoms with E-state index in [9.17, 15) is 10.2 Å². The van der Waals surface area contributed by atoms with Gasteiger partial charge in [-0.25, -0.2) is 0 Å². The predicted molar refractivity (Wildman–Crippen MR) is 60.8 cm³/mol. The largest absolute Gasteiger partial charge is 0.385 e. The van der Waals surface area contributed by atoms with E-state index in [1.807, 2.05) is 54.6 Å². The second kappa shape index (κ2) is 3.17. The number of aliphatic hydroxyl groups excluding tert-OH is 1. The van der Waals surface area contributed by atoms with Crippen molar-refractivity contribution < 1.29 is 10.2 Å². The van der Waals surface area contributed by atoms with Crippen LogP contribution in [0.1, 0.15) is 22.8 Å². The molecule has 80 valence electrons. The van der Waals surface area contributed by atoms with Crippen LogP contribution in [0.4, 0.5) is 0 Å². The molecule has 1 aliphatic rings. The maximum Gasteiger partial charge on any atom is 0.145 e. The van der Waals surface area contributed by atoms with E-state index in [4.69, 9.17) is 0 Å². The van der Waals surface area contributed by atoms with E-state index in [0.717, 1.165) is 16.7 Å². The number of aliphatic hydroxyl groups is 2. The molecule has 3 rings (SSSR count). The van der Waals surface area contributed by atoms with Crippen LogP contribution in [0.25, 0.3) is 0 Å². The van der Waals surface area contributed by atoms with Crippen molar-refractivity contribution >= 4 is 0 Å². The molecule has 2 atom stereocenters. The second-order valence-corrected chi connectivity index (χ2v) is 4.12. The van der Waals surface area contributed by atoms with E-state index < -0.39 is 11.7 Å². The highest BCUT2D eigenvalue weighted by atomic mass is 16.3. The van der Waals surface area contributed by atoms with Gasteiger partial charge in [0.1, 0.15) is 11.7 Å². The van der Waals surface area contributed by atoms with E-state index in [-0.39, 0.29) is 0 Å². The molecule has 0 fully saturated rings. The average Bonchev–Trinajstić information content (AvgIpc) is 2.38. The van der Waals surface area contributed by atoms with Crippen molar-refractivity contribution in [3.05, 3.63) is 71.3 Å². The van der Waals surface area contributed by atoms with Gasteiger partial charge in [-0.2, -0.15) is 0 Å². The molecule has 2 heteroatoms. The minimum atomic E-state index is -1.24. The van der Waals surface area contributed by atoms with Crippen molar-refractivity contribution in [2.45, 2.75) is 11.7 Å². The predicted octanol–water partition coefficient (Wildman–Crippen LogP) is 1.97. The summed E-state index contributed by atoms with van der Waals surface area (Å²) in [5.41, 5.74) is 1.11. The Bertz CT molecular complexity index is 521. The second-order valence-electron chi connectivity index (χ2n) is 4.12. The van der Waals surface area contributed by atoms with Crippen molar-refractivity contribution in [1.29, 1.82) is 0 Å². The summed E-state index contributed by atoms with van der Waals surface area (Å²) in [6.45, 7) is 0. The molecule has 1 aliphatic carbocycles. The van der Waals surface area contributed by atoms with E-state index in [1.54, 1.807) is 0 Å². The molecule has 0 aliphatic heterocycles. The molecule has 0 saturated heterocycles. The first-order valence-corrected chi connectivity index (χ1v) is 5.30. The van der Waals surface area contributed by atoms with Crippen molar-refractivity contribution in [3.63, 3.8) is 0 Å². The zero-order valence-electron chi connectivity index (χ0n) is 8.67. The van der Waals surface area contributed by atoms with Crippen LogP contribution in [0.15, 0.2) is 54.6 Å². The fraction of sp³-hybridized carbons (Fsp3) is 0.143. The van der Waals surface area contributed by atoms with Gasteiger partial charge in [0.2, 0.25) is 0 Å². The van der Waals surface area contributed by atoms with Crippen LogP contribution in [0.2, 0.25) is 0 Å². The average molecular weight is 212 g/mol. The molecule has 0 spiro atoms. The first kappa shape index (κ1) is 9.58. The number of benzene rings is 2. The van der Waals surface area contributed by atoms with Crippen LogP contribution in [0, 0.1) is 0 Å². The number of rotatable bonds is 1. The molecule has 0 bridgehead atoms. The minimum Gasteiger partial charge on any atom is -0.385 e. The lowest BCUT2D eigenvalue weighted by Gasteiger charge is -2.44. The molecule has 0 radical (unpaired) electrons. The van der Waals surface area contributed by atoms with Crippen LogP contribution >= 0.6 is 0 Å². The molecule has 0 unspecified atom stereocenters. The summed E-state index contributed by atoms with van der Waals surface area (Å²) in [6.07, 6.45) is -0.828. The van der Waals surface area contributed by atoms with Crippen LogP contribution < -0.4 is 0 Å². The highest BCUT2D eigenvalue weighted by Gasteiger charge is 2.50. The summed E-state index contributed by atoms with van der Waals surface area (Å²) < 4.78 is 0. The van der Waals surface area contributed by atoms with Gasteiger partial charge in [-0.3, -0.25) is 0 Å². The molecule has 2 N–H and O–H groups in total. The van der Waals surface area contributed by atoms with Gasteiger partial charge >= 0.3 is 0 Å². The number of hydrogen-bond acceptors (Lipinski definition) is 2. The lowest BCUT2D eigenvalue weighted by Crippen LogP contribution is -2.44. The van der Waals surface area contributed by atoms with Crippen LogP contribution in [-0.4, -0.2) is 10.2 Å². The van der Waals surface area contributed by atoms with E-state index in [0.29, 0.717) is 0 Å². The molecule has 2 aromatic carbocycles. The fourth-order valence-corrected chi connectivity index (χ4v) is 2.38. The van der Waals surface area contributed by atoms with Gasteiger partial charge in [0, 0.05) is 0 Å². The zero-order valence-corrected chi connectivity index (χ0v) is 8.67. The van der Waals surface area contributed by atoms with Gasteiger partial charge in [-0.15, -0.1) is 0 Å². The van der Waals surface area contributed by atoms with E-state index in [1.165, 1.54) is 0 Å². The summed E-state index contributed by atoms with van der Waals surface area (Å²) in [5.74, 6) is 0. The molecule has 0 heterocycles. The Balaban J connectivity index is 2.16. The first-order chi connectivity index (χ1) is 7.74. The van der Waals surface area contributed by atoms with Gasteiger partial charge in [0.15, 0.2) is 0 Å². The Labute approximate surface area is 93.8 Å². The summed E-state index contributed by atoms with van der Waals surface area (Å²) in [4.78, 5) is 0. The first-order valence-electron chi connectivity index (χ1n) is 5.30. The zero-order chi connectivity index (χ0) is 11.2. The van der Waals surface area contributed by atoms with Crippen LogP contribution in [0.5, 0.6) is 0 Å².